The minimum absolute atomic E-state index is 0.185. The van der Waals surface area contributed by atoms with Gasteiger partial charge in [-0.15, -0.1) is 0 Å². The molecule has 2 heterocycles. The van der Waals surface area contributed by atoms with Crippen molar-refractivity contribution in [2.75, 3.05) is 30.9 Å². The zero-order valence-corrected chi connectivity index (χ0v) is 11.9. The van der Waals surface area contributed by atoms with E-state index in [4.69, 9.17) is 15.2 Å². The second-order valence-electron chi connectivity index (χ2n) is 4.90. The van der Waals surface area contributed by atoms with Crippen LogP contribution in [0.1, 0.15) is 30.6 Å². The monoisotopic (exact) mass is 279 g/mol. The van der Waals surface area contributed by atoms with Crippen LogP contribution in [0.3, 0.4) is 0 Å². The Labute approximate surface area is 118 Å². The Balaban J connectivity index is 2.11. The molecule has 0 radical (unpaired) electrons. The molecule has 1 aliphatic rings. The first-order valence-corrected chi connectivity index (χ1v) is 6.89. The van der Waals surface area contributed by atoms with E-state index in [-0.39, 0.29) is 6.04 Å². The van der Waals surface area contributed by atoms with Crippen molar-refractivity contribution in [1.29, 1.82) is 0 Å². The van der Waals surface area contributed by atoms with Crippen molar-refractivity contribution in [3.05, 3.63) is 17.8 Å². The fraction of sp³-hybridized carbons (Fsp3) is 0.571. The van der Waals surface area contributed by atoms with Gasteiger partial charge >= 0.3 is 5.97 Å². The Bertz CT molecular complexity index is 473. The van der Waals surface area contributed by atoms with E-state index in [1.54, 1.807) is 19.2 Å². The van der Waals surface area contributed by atoms with Crippen LogP contribution >= 0.6 is 0 Å². The summed E-state index contributed by atoms with van der Waals surface area (Å²) in [5, 5.41) is 3.27. The summed E-state index contributed by atoms with van der Waals surface area (Å²) >= 11 is 0. The number of rotatable bonds is 5. The van der Waals surface area contributed by atoms with E-state index in [1.165, 1.54) is 0 Å². The van der Waals surface area contributed by atoms with Crippen LogP contribution in [0, 0.1) is 5.92 Å². The summed E-state index contributed by atoms with van der Waals surface area (Å²) in [6.45, 7) is 5.68. The van der Waals surface area contributed by atoms with Gasteiger partial charge in [-0.3, -0.25) is 0 Å². The zero-order valence-electron chi connectivity index (χ0n) is 11.9. The Morgan fingerprint density at radius 3 is 3.15 bits per heavy atom. The molecule has 1 saturated heterocycles. The first-order chi connectivity index (χ1) is 9.63. The first kappa shape index (κ1) is 14.6. The molecule has 0 bridgehead atoms. The number of anilines is 2. The number of carbonyl (C=O) groups is 1. The first-order valence-electron chi connectivity index (χ1n) is 6.89. The molecule has 2 unspecified atom stereocenters. The standard InChI is InChI=1S/C14H21N3O3/c1-3-20-14(18)11-4-6-16-13(12(11)15)17-9(2)10-5-7-19-8-10/h4,6,9-10H,3,5,7-8,15H2,1-2H3,(H,16,17). The molecule has 6 nitrogen and oxygen atoms in total. The van der Waals surface area contributed by atoms with Gasteiger partial charge in [0.1, 0.15) is 5.82 Å². The molecule has 0 aromatic carbocycles. The van der Waals surface area contributed by atoms with Gasteiger partial charge in [0.2, 0.25) is 0 Å². The summed E-state index contributed by atoms with van der Waals surface area (Å²) in [5.74, 6) is 0.532. The van der Waals surface area contributed by atoms with Crippen molar-refractivity contribution in [1.82, 2.24) is 4.98 Å². The molecule has 6 heteroatoms. The maximum atomic E-state index is 11.8. The Morgan fingerprint density at radius 1 is 1.70 bits per heavy atom. The summed E-state index contributed by atoms with van der Waals surface area (Å²) in [7, 11) is 0. The van der Waals surface area contributed by atoms with Crippen LogP contribution in [0.25, 0.3) is 0 Å². The van der Waals surface area contributed by atoms with Crippen LogP contribution in [-0.2, 0) is 9.47 Å². The molecule has 1 aliphatic heterocycles. The number of hydrogen-bond acceptors (Lipinski definition) is 6. The van der Waals surface area contributed by atoms with Gasteiger partial charge in [-0.1, -0.05) is 0 Å². The molecule has 3 N–H and O–H groups in total. The lowest BCUT2D eigenvalue weighted by Crippen LogP contribution is -2.27. The molecular weight excluding hydrogens is 258 g/mol. The van der Waals surface area contributed by atoms with E-state index >= 15 is 0 Å². The molecule has 0 aliphatic carbocycles. The maximum Gasteiger partial charge on any atom is 0.340 e. The predicted octanol–water partition coefficient (Wildman–Crippen LogP) is 1.68. The Kier molecular flexibility index (Phi) is 4.79. The van der Waals surface area contributed by atoms with Gasteiger partial charge in [-0.05, 0) is 26.3 Å². The maximum absolute atomic E-state index is 11.8. The SMILES string of the molecule is CCOC(=O)c1ccnc(NC(C)C2CCOC2)c1N. The minimum atomic E-state index is -0.424. The largest absolute Gasteiger partial charge is 0.462 e. The number of nitrogens with two attached hydrogens (primary N) is 1. The predicted molar refractivity (Wildman–Crippen MR) is 76.6 cm³/mol. The lowest BCUT2D eigenvalue weighted by Gasteiger charge is -2.21. The van der Waals surface area contributed by atoms with Crippen LogP contribution < -0.4 is 11.1 Å². The van der Waals surface area contributed by atoms with Crippen LogP contribution in [0.5, 0.6) is 0 Å². The Morgan fingerprint density at radius 2 is 2.50 bits per heavy atom. The molecule has 1 fully saturated rings. The van der Waals surface area contributed by atoms with Crippen LogP contribution in [-0.4, -0.2) is 36.8 Å². The number of hydrogen-bond donors (Lipinski definition) is 2. The van der Waals surface area contributed by atoms with Gasteiger partial charge in [0.25, 0.3) is 0 Å². The van der Waals surface area contributed by atoms with E-state index < -0.39 is 5.97 Å². The molecular formula is C14H21N3O3. The number of nitrogens with zero attached hydrogens (tertiary/aromatic N) is 1. The molecule has 1 aromatic heterocycles. The smallest absolute Gasteiger partial charge is 0.340 e. The van der Waals surface area contributed by atoms with Crippen molar-refractivity contribution in [3.63, 3.8) is 0 Å². The van der Waals surface area contributed by atoms with Crippen molar-refractivity contribution in [3.8, 4) is 0 Å². The lowest BCUT2D eigenvalue weighted by atomic mass is 10.0. The number of esters is 1. The van der Waals surface area contributed by atoms with Crippen molar-refractivity contribution >= 4 is 17.5 Å². The van der Waals surface area contributed by atoms with Crippen molar-refractivity contribution < 1.29 is 14.3 Å². The number of carbonyl (C=O) groups excluding carboxylic acids is 1. The highest BCUT2D eigenvalue weighted by molar-refractivity contribution is 5.97. The summed E-state index contributed by atoms with van der Waals surface area (Å²) in [5.41, 5.74) is 6.68. The highest BCUT2D eigenvalue weighted by Crippen LogP contribution is 2.25. The van der Waals surface area contributed by atoms with Gasteiger partial charge in [-0.2, -0.15) is 0 Å². The van der Waals surface area contributed by atoms with Gasteiger partial charge in [0.15, 0.2) is 0 Å². The third-order valence-electron chi connectivity index (χ3n) is 3.52. The molecule has 20 heavy (non-hydrogen) atoms. The minimum Gasteiger partial charge on any atom is -0.462 e. The van der Waals surface area contributed by atoms with E-state index in [0.29, 0.717) is 29.6 Å². The summed E-state index contributed by atoms with van der Waals surface area (Å²) in [6.07, 6.45) is 2.58. The summed E-state index contributed by atoms with van der Waals surface area (Å²) in [4.78, 5) is 16.0. The summed E-state index contributed by atoms with van der Waals surface area (Å²) < 4.78 is 10.3. The highest BCUT2D eigenvalue weighted by Gasteiger charge is 2.24. The van der Waals surface area contributed by atoms with Gasteiger partial charge < -0.3 is 20.5 Å². The third kappa shape index (κ3) is 3.19. The second-order valence-corrected chi connectivity index (χ2v) is 4.90. The van der Waals surface area contributed by atoms with Crippen molar-refractivity contribution in [2.45, 2.75) is 26.3 Å². The van der Waals surface area contributed by atoms with Crippen LogP contribution in [0.4, 0.5) is 11.5 Å². The molecule has 0 saturated carbocycles. The quantitative estimate of drug-likeness (QED) is 0.797. The lowest BCUT2D eigenvalue weighted by molar-refractivity contribution is 0.0527. The van der Waals surface area contributed by atoms with Gasteiger partial charge in [0, 0.05) is 24.8 Å². The topological polar surface area (TPSA) is 86.5 Å². The van der Waals surface area contributed by atoms with Crippen LogP contribution in [0.15, 0.2) is 12.3 Å². The van der Waals surface area contributed by atoms with E-state index in [9.17, 15) is 4.79 Å². The fourth-order valence-corrected chi connectivity index (χ4v) is 2.26. The molecule has 110 valence electrons. The van der Waals surface area contributed by atoms with E-state index in [0.717, 1.165) is 19.6 Å². The average molecular weight is 279 g/mol. The van der Waals surface area contributed by atoms with Crippen LogP contribution in [0.2, 0.25) is 0 Å². The van der Waals surface area contributed by atoms with Crippen molar-refractivity contribution in [2.24, 2.45) is 5.92 Å². The fourth-order valence-electron chi connectivity index (χ4n) is 2.26. The zero-order chi connectivity index (χ0) is 14.5. The number of nitrogen functional groups attached to an aromatic ring is 1. The molecule has 1 aromatic rings. The van der Waals surface area contributed by atoms with E-state index in [2.05, 4.69) is 17.2 Å². The van der Waals surface area contributed by atoms with E-state index in [1.807, 2.05) is 0 Å². The third-order valence-corrected chi connectivity index (χ3v) is 3.52. The molecule has 2 rings (SSSR count). The second kappa shape index (κ2) is 6.56. The number of pyridine rings is 1. The Hall–Kier alpha value is -1.82. The molecule has 0 spiro atoms. The normalized spacial score (nSPS) is 19.6. The highest BCUT2D eigenvalue weighted by atomic mass is 16.5. The summed E-state index contributed by atoms with van der Waals surface area (Å²) in [6, 6.07) is 1.76. The molecule has 2 atom stereocenters. The molecule has 0 amide bonds. The van der Waals surface area contributed by atoms with Gasteiger partial charge in [-0.25, -0.2) is 9.78 Å². The number of ether oxygens (including phenoxy) is 2. The average Bonchev–Trinajstić information content (AvgIpc) is 2.95. The number of aromatic nitrogens is 1. The van der Waals surface area contributed by atoms with Gasteiger partial charge in [0.05, 0.1) is 24.5 Å². The number of nitrogens with one attached hydrogen (secondary N) is 1.